The van der Waals surface area contributed by atoms with Gasteiger partial charge in [-0.15, -0.1) is 5.10 Å². The number of hydrogen-bond acceptors (Lipinski definition) is 8. The van der Waals surface area contributed by atoms with Gasteiger partial charge in [0.05, 0.1) is 49.9 Å². The first-order valence-corrected chi connectivity index (χ1v) is 23.3. The van der Waals surface area contributed by atoms with Gasteiger partial charge in [-0.25, -0.2) is 31.3 Å². The van der Waals surface area contributed by atoms with E-state index in [0.717, 1.165) is 28.3 Å². The fraction of sp³-hybridized carbons (Fsp3) is 0.279. The van der Waals surface area contributed by atoms with Crippen LogP contribution in [0.3, 0.4) is 0 Å². The summed E-state index contributed by atoms with van der Waals surface area (Å²) < 4.78 is 147. The highest BCUT2D eigenvalue weighted by molar-refractivity contribution is 7.92. The molecule has 0 aliphatic heterocycles. The van der Waals surface area contributed by atoms with E-state index in [1.54, 1.807) is 30.3 Å². The van der Waals surface area contributed by atoms with E-state index in [4.69, 9.17) is 16.6 Å². The summed E-state index contributed by atoms with van der Waals surface area (Å²) in [5.74, 6) is -8.93. The molecule has 4 atom stereocenters. The Morgan fingerprint density at radius 2 is 1.68 bits per heavy atom. The van der Waals surface area contributed by atoms with Crippen LogP contribution in [0.1, 0.15) is 47.7 Å². The Balaban J connectivity index is 1.39. The molecule has 0 bridgehead atoms. The van der Waals surface area contributed by atoms with Crippen molar-refractivity contribution in [1.29, 1.82) is 0 Å². The normalized spacial score (nSPS) is 16.0. The van der Waals surface area contributed by atoms with Gasteiger partial charge in [0, 0.05) is 29.5 Å². The third kappa shape index (κ3) is 8.83. The quantitative estimate of drug-likeness (QED) is 0.0811. The molecule has 8 rings (SSSR count). The Labute approximate surface area is 380 Å². The van der Waals surface area contributed by atoms with E-state index in [-0.39, 0.29) is 43.9 Å². The van der Waals surface area contributed by atoms with Crippen molar-refractivity contribution in [3.8, 4) is 16.8 Å². The summed E-state index contributed by atoms with van der Waals surface area (Å²) in [6.07, 6.45) is -4.62. The van der Waals surface area contributed by atoms with Crippen LogP contribution in [0, 0.1) is 17.6 Å². The molecular formula is C43H35ClF8N8O4S2. The number of halogens is 9. The molecule has 0 radical (unpaired) electrons. The van der Waals surface area contributed by atoms with Crippen molar-refractivity contribution in [2.75, 3.05) is 17.2 Å². The first kappa shape index (κ1) is 46.8. The van der Waals surface area contributed by atoms with Gasteiger partial charge in [-0.3, -0.25) is 23.5 Å². The topological polar surface area (TPSA) is 158 Å². The van der Waals surface area contributed by atoms with Gasteiger partial charge in [-0.05, 0) is 77.3 Å². The van der Waals surface area contributed by atoms with Crippen LogP contribution in [0.25, 0.3) is 38.6 Å². The van der Waals surface area contributed by atoms with Crippen molar-refractivity contribution in [3.05, 3.63) is 128 Å². The second-order valence-corrected chi connectivity index (χ2v) is 18.4. The molecular weight excluding hydrogens is 944 g/mol. The number of carbonyl (C=O) groups excluding carboxylic acids is 1. The van der Waals surface area contributed by atoms with Crippen LogP contribution in [0.2, 0.25) is 5.02 Å². The molecule has 12 nitrogen and oxygen atoms in total. The van der Waals surface area contributed by atoms with Crippen molar-refractivity contribution in [3.63, 3.8) is 0 Å². The number of benzene rings is 4. The van der Waals surface area contributed by atoms with E-state index in [1.165, 1.54) is 36.8 Å². The van der Waals surface area contributed by atoms with E-state index < -0.39 is 125 Å². The Bertz CT molecular complexity index is 3070. The molecule has 2 N–H and O–H groups in total. The highest BCUT2D eigenvalue weighted by Gasteiger charge is 2.51. The molecule has 0 saturated carbocycles. The summed E-state index contributed by atoms with van der Waals surface area (Å²) in [4.78, 5) is 34.6. The van der Waals surface area contributed by atoms with Crippen LogP contribution in [0.4, 0.5) is 40.9 Å². The average molecular weight is 979 g/mol. The zero-order chi connectivity index (χ0) is 47.5. The van der Waals surface area contributed by atoms with Gasteiger partial charge in [-0.2, -0.15) is 18.6 Å². The van der Waals surface area contributed by atoms with E-state index in [2.05, 4.69) is 20.2 Å². The predicted molar refractivity (Wildman–Crippen MR) is 232 cm³/mol. The summed E-state index contributed by atoms with van der Waals surface area (Å²) >= 11 is 3.32. The molecule has 66 heavy (non-hydrogen) atoms. The Kier molecular flexibility index (Phi) is 12.9. The van der Waals surface area contributed by atoms with Gasteiger partial charge in [0.2, 0.25) is 11.7 Å². The molecule has 1 aliphatic rings. The fourth-order valence-electron chi connectivity index (χ4n) is 8.30. The monoisotopic (exact) mass is 978 g/mol. The zero-order valence-corrected chi connectivity index (χ0v) is 37.0. The molecule has 3 heterocycles. The molecule has 346 valence electrons. The molecule has 0 fully saturated rings. The SMILES string of the molecule is CC1Cc2c(C(F)F)nn(CC(=O)NC(Cc3cc(F)cc(F)c3)c3nc4cc(-c5ccccc5[S+](C)[O-])ccc4c(=O)n3-c3ccc(Cl)c4c(N[S+](C)[O-])nn(CC(F)F)c34)c2C1(F)F. The van der Waals surface area contributed by atoms with E-state index in [9.17, 15) is 40.2 Å². The number of carbonyl (C=O) groups is 1. The van der Waals surface area contributed by atoms with Crippen LogP contribution in [-0.4, -0.2) is 63.1 Å². The highest BCUT2D eigenvalue weighted by Crippen LogP contribution is 2.48. The van der Waals surface area contributed by atoms with Crippen LogP contribution < -0.4 is 15.6 Å². The second-order valence-electron chi connectivity index (χ2n) is 15.6. The third-order valence-electron chi connectivity index (χ3n) is 11.1. The summed E-state index contributed by atoms with van der Waals surface area (Å²) in [7, 11) is 0. The van der Waals surface area contributed by atoms with Crippen LogP contribution in [0.15, 0.2) is 82.5 Å². The maximum absolute atomic E-state index is 15.5. The summed E-state index contributed by atoms with van der Waals surface area (Å²) in [5.41, 5.74) is -2.78. The maximum atomic E-state index is 15.5. The second kappa shape index (κ2) is 18.2. The zero-order valence-electron chi connectivity index (χ0n) is 34.6. The highest BCUT2D eigenvalue weighted by atomic mass is 35.5. The number of nitrogens with one attached hydrogen (secondary N) is 2. The van der Waals surface area contributed by atoms with Crippen LogP contribution in [-0.2, 0) is 59.2 Å². The predicted octanol–water partition coefficient (Wildman–Crippen LogP) is 8.56. The number of nitrogens with zero attached hydrogens (tertiary/aromatic N) is 6. The van der Waals surface area contributed by atoms with Crippen LogP contribution >= 0.6 is 11.6 Å². The molecule has 3 aromatic heterocycles. The number of anilines is 1. The molecule has 4 aromatic carbocycles. The summed E-state index contributed by atoms with van der Waals surface area (Å²) in [6.45, 7) is -0.991. The standard InChI is InChI=1S/C43H35ClF8N8O4S2/c1-20-12-27-36(39(49)50)55-59(38(27)43(20,51)52)19-34(61)53-30(15-21-13-23(45)17-24(46)14-21)41-54-29-16-22(25-6-4-5-7-32(25)65(2)63)8-9-26(29)42(62)60(41)31-11-10-28(44)35-37(31)58(18-33(47)48)56-40(35)57-66(3)64/h4-11,13-14,16-17,20,30,33,39H,12,15,18-19H2,1-3H3,(H,53,61)(H,56,57). The van der Waals surface area contributed by atoms with Crippen LogP contribution in [0.5, 0.6) is 0 Å². The summed E-state index contributed by atoms with van der Waals surface area (Å²) in [6, 6.07) is 14.4. The number of fused-ring (bicyclic) bond motifs is 3. The van der Waals surface area contributed by atoms with Crippen molar-refractivity contribution >= 4 is 67.7 Å². The molecule has 0 saturated heterocycles. The van der Waals surface area contributed by atoms with Gasteiger partial charge in [-0.1, -0.05) is 36.7 Å². The van der Waals surface area contributed by atoms with Gasteiger partial charge in [0.15, 0.2) is 4.90 Å². The van der Waals surface area contributed by atoms with Gasteiger partial charge >= 0.3 is 0 Å². The smallest absolute Gasteiger partial charge is 0.292 e. The first-order chi connectivity index (χ1) is 31.2. The number of rotatable bonds is 14. The molecule has 1 aliphatic carbocycles. The first-order valence-electron chi connectivity index (χ1n) is 19.8. The molecule has 0 spiro atoms. The maximum Gasteiger partial charge on any atom is 0.292 e. The minimum atomic E-state index is -3.67. The lowest BCUT2D eigenvalue weighted by Crippen LogP contribution is -2.38. The third-order valence-corrected chi connectivity index (χ3v) is 12.8. The van der Waals surface area contributed by atoms with Crippen molar-refractivity contribution in [2.45, 2.75) is 62.6 Å². The van der Waals surface area contributed by atoms with Crippen molar-refractivity contribution < 1.29 is 49.0 Å². The molecule has 23 heteroatoms. The van der Waals surface area contributed by atoms with E-state index >= 15 is 13.6 Å². The van der Waals surface area contributed by atoms with Gasteiger partial charge in [0.1, 0.15) is 54.4 Å². The average Bonchev–Trinajstić information content (AvgIpc) is 3.85. The summed E-state index contributed by atoms with van der Waals surface area (Å²) in [5, 5.41) is 10.3. The fourth-order valence-corrected chi connectivity index (χ4v) is 9.73. The largest absolute Gasteiger partial charge is 0.612 e. The number of alkyl halides is 6. The van der Waals surface area contributed by atoms with Gasteiger partial charge in [0.25, 0.3) is 24.3 Å². The molecule has 7 aromatic rings. The lowest BCUT2D eigenvalue weighted by molar-refractivity contribution is -0.123. The van der Waals surface area contributed by atoms with Gasteiger partial charge < -0.3 is 14.4 Å². The Hall–Kier alpha value is -5.68. The molecule has 4 unspecified atom stereocenters. The van der Waals surface area contributed by atoms with E-state index in [0.29, 0.717) is 26.8 Å². The lowest BCUT2D eigenvalue weighted by Gasteiger charge is -2.24. The lowest BCUT2D eigenvalue weighted by atomic mass is 10.0. The molecule has 1 amide bonds. The number of amides is 1. The Morgan fingerprint density at radius 1 is 0.970 bits per heavy atom. The minimum absolute atomic E-state index is 0.0414. The van der Waals surface area contributed by atoms with Crippen molar-refractivity contribution in [2.24, 2.45) is 5.92 Å². The Morgan fingerprint density at radius 3 is 2.35 bits per heavy atom. The van der Waals surface area contributed by atoms with Crippen molar-refractivity contribution in [1.82, 2.24) is 34.4 Å². The number of aromatic nitrogens is 6. The van der Waals surface area contributed by atoms with E-state index in [1.807, 2.05) is 0 Å². The minimum Gasteiger partial charge on any atom is -0.612 e. The number of hydrogen-bond donors (Lipinski definition) is 2.